The van der Waals surface area contributed by atoms with Crippen LogP contribution in [0.25, 0.3) is 53.6 Å². The van der Waals surface area contributed by atoms with Crippen molar-refractivity contribution >= 4 is 42.9 Å². The third-order valence-corrected chi connectivity index (χ3v) is 11.1. The van der Waals surface area contributed by atoms with Crippen LogP contribution in [-0.2, 0) is 5.41 Å². The fourth-order valence-corrected chi connectivity index (χ4v) is 9.39. The maximum atomic E-state index is 3.97. The lowest BCUT2D eigenvalue weighted by atomic mass is 9.70. The van der Waals surface area contributed by atoms with E-state index in [0.717, 1.165) is 11.4 Å². The molecule has 8 aromatic rings. The molecule has 1 nitrogen and oxygen atoms in total. The van der Waals surface area contributed by atoms with Gasteiger partial charge in [-0.1, -0.05) is 140 Å². The van der Waals surface area contributed by atoms with Crippen molar-refractivity contribution in [1.82, 2.24) is 0 Å². The molecule has 10 rings (SSSR count). The smallest absolute Gasteiger partial charge is 0.0726 e. The van der Waals surface area contributed by atoms with Crippen molar-refractivity contribution in [2.75, 3.05) is 5.32 Å². The SMILES string of the molecule is c1ccc(-c2cccc3sc4c(Nc5cccc6c5-c5ccccc5C65c6ccccc6-c6ccccc65)cccc4c23)cc1. The van der Waals surface area contributed by atoms with Crippen molar-refractivity contribution < 1.29 is 0 Å². The van der Waals surface area contributed by atoms with Gasteiger partial charge in [0.25, 0.3) is 0 Å². The summed E-state index contributed by atoms with van der Waals surface area (Å²) in [5, 5.41) is 6.60. The van der Waals surface area contributed by atoms with Crippen LogP contribution in [0.2, 0.25) is 0 Å². The predicted molar refractivity (Wildman–Crippen MR) is 191 cm³/mol. The van der Waals surface area contributed by atoms with Crippen molar-refractivity contribution in [2.45, 2.75) is 5.41 Å². The number of hydrogen-bond donors (Lipinski definition) is 1. The van der Waals surface area contributed by atoms with E-state index in [-0.39, 0.29) is 5.41 Å². The molecule has 1 aromatic heterocycles. The first-order valence-electron chi connectivity index (χ1n) is 15.5. The molecule has 0 radical (unpaired) electrons. The first kappa shape index (κ1) is 24.9. The second-order valence-electron chi connectivity index (χ2n) is 12.1. The highest BCUT2D eigenvalue weighted by Crippen LogP contribution is 2.64. The minimum absolute atomic E-state index is 0.342. The summed E-state index contributed by atoms with van der Waals surface area (Å²) in [5.74, 6) is 0. The number of thiophene rings is 1. The molecule has 2 aliphatic carbocycles. The molecule has 45 heavy (non-hydrogen) atoms. The van der Waals surface area contributed by atoms with Crippen LogP contribution < -0.4 is 5.32 Å². The van der Waals surface area contributed by atoms with E-state index in [1.807, 2.05) is 11.3 Å². The maximum absolute atomic E-state index is 3.97. The maximum Gasteiger partial charge on any atom is 0.0726 e. The second-order valence-corrected chi connectivity index (χ2v) is 13.1. The topological polar surface area (TPSA) is 12.0 Å². The molecule has 0 atom stereocenters. The normalized spacial score (nSPS) is 13.5. The zero-order valence-corrected chi connectivity index (χ0v) is 25.2. The lowest BCUT2D eigenvalue weighted by molar-refractivity contribution is 0.794. The summed E-state index contributed by atoms with van der Waals surface area (Å²) in [6.07, 6.45) is 0. The van der Waals surface area contributed by atoms with Gasteiger partial charge in [-0.3, -0.25) is 0 Å². The molecule has 0 saturated carbocycles. The molecule has 0 fully saturated rings. The van der Waals surface area contributed by atoms with E-state index in [1.165, 1.54) is 75.8 Å². The number of hydrogen-bond acceptors (Lipinski definition) is 2. The van der Waals surface area contributed by atoms with Gasteiger partial charge in [0.2, 0.25) is 0 Å². The van der Waals surface area contributed by atoms with Gasteiger partial charge in [-0.15, -0.1) is 11.3 Å². The molecule has 2 heteroatoms. The molecule has 0 bridgehead atoms. The van der Waals surface area contributed by atoms with Crippen LogP contribution in [-0.4, -0.2) is 0 Å². The average molecular weight is 590 g/mol. The third-order valence-electron chi connectivity index (χ3n) is 9.90. The largest absolute Gasteiger partial charge is 0.354 e. The Kier molecular flexibility index (Phi) is 5.14. The third kappa shape index (κ3) is 3.27. The van der Waals surface area contributed by atoms with Crippen LogP contribution in [0.1, 0.15) is 22.3 Å². The van der Waals surface area contributed by atoms with Crippen LogP contribution in [0.4, 0.5) is 11.4 Å². The molecule has 210 valence electrons. The standard InChI is InChI=1S/C43H27NS/c1-2-13-27(14-3-1)28-18-11-26-39-40(28)32-19-10-25-38(42(32)45-39)44-37-24-12-23-36-41(37)31-17-6-9-22-35(31)43(36)33-20-7-4-15-29(33)30-16-5-8-21-34(30)43/h1-26,44H. The Bertz CT molecular complexity index is 2420. The first-order chi connectivity index (χ1) is 22.3. The molecule has 1 N–H and O–H groups in total. The molecular weight excluding hydrogens is 563 g/mol. The van der Waals surface area contributed by atoms with E-state index in [4.69, 9.17) is 0 Å². The van der Waals surface area contributed by atoms with Gasteiger partial charge in [0.1, 0.15) is 0 Å². The number of fused-ring (bicyclic) bond motifs is 13. The highest BCUT2D eigenvalue weighted by atomic mass is 32.1. The van der Waals surface area contributed by atoms with Gasteiger partial charge < -0.3 is 5.32 Å². The van der Waals surface area contributed by atoms with E-state index in [9.17, 15) is 0 Å². The highest BCUT2D eigenvalue weighted by Gasteiger charge is 2.51. The summed E-state index contributed by atoms with van der Waals surface area (Å²) in [5.41, 5.74) is 15.2. The van der Waals surface area contributed by atoms with Gasteiger partial charge in [0, 0.05) is 26.7 Å². The molecule has 0 unspecified atom stereocenters. The molecule has 0 amide bonds. The lowest BCUT2D eigenvalue weighted by Gasteiger charge is -2.30. The minimum Gasteiger partial charge on any atom is -0.354 e. The molecule has 1 heterocycles. The Morgan fingerprint density at radius 2 is 0.978 bits per heavy atom. The second kappa shape index (κ2) is 9.28. The molecule has 7 aromatic carbocycles. The van der Waals surface area contributed by atoms with Crippen LogP contribution in [0.15, 0.2) is 158 Å². The van der Waals surface area contributed by atoms with Crippen LogP contribution in [0.3, 0.4) is 0 Å². The van der Waals surface area contributed by atoms with Crippen LogP contribution in [0.5, 0.6) is 0 Å². The van der Waals surface area contributed by atoms with Gasteiger partial charge in [-0.05, 0) is 68.3 Å². The van der Waals surface area contributed by atoms with E-state index in [0.29, 0.717) is 0 Å². The Morgan fingerprint density at radius 3 is 1.73 bits per heavy atom. The summed E-state index contributed by atoms with van der Waals surface area (Å²) in [6.45, 7) is 0. The van der Waals surface area contributed by atoms with Crippen molar-refractivity contribution in [2.24, 2.45) is 0 Å². The Morgan fingerprint density at radius 1 is 0.422 bits per heavy atom. The van der Waals surface area contributed by atoms with Crippen molar-refractivity contribution in [3.63, 3.8) is 0 Å². The average Bonchev–Trinajstić information content (AvgIpc) is 3.74. The van der Waals surface area contributed by atoms with Gasteiger partial charge in [0.05, 0.1) is 15.8 Å². The van der Waals surface area contributed by atoms with Gasteiger partial charge in [0.15, 0.2) is 0 Å². The van der Waals surface area contributed by atoms with Gasteiger partial charge >= 0.3 is 0 Å². The molecular formula is C43H27NS. The fraction of sp³-hybridized carbons (Fsp3) is 0.0233. The number of rotatable bonds is 3. The summed E-state index contributed by atoms with van der Waals surface area (Å²) in [6, 6.07) is 58.0. The Balaban J connectivity index is 1.20. The summed E-state index contributed by atoms with van der Waals surface area (Å²) < 4.78 is 2.59. The monoisotopic (exact) mass is 589 g/mol. The van der Waals surface area contributed by atoms with Crippen molar-refractivity contribution in [3.8, 4) is 33.4 Å². The molecule has 1 spiro atoms. The summed E-state index contributed by atoms with van der Waals surface area (Å²) in [7, 11) is 0. The number of benzene rings is 7. The Hall–Kier alpha value is -5.44. The lowest BCUT2D eigenvalue weighted by Crippen LogP contribution is -2.25. The minimum atomic E-state index is -0.342. The van der Waals surface area contributed by atoms with Crippen molar-refractivity contribution in [1.29, 1.82) is 0 Å². The van der Waals surface area contributed by atoms with Crippen LogP contribution in [0, 0.1) is 0 Å². The van der Waals surface area contributed by atoms with E-state index < -0.39 is 0 Å². The first-order valence-corrected chi connectivity index (χ1v) is 16.3. The fourth-order valence-electron chi connectivity index (χ4n) is 8.20. The quantitative estimate of drug-likeness (QED) is 0.216. The van der Waals surface area contributed by atoms with Gasteiger partial charge in [-0.2, -0.15) is 0 Å². The number of nitrogens with one attached hydrogen (secondary N) is 1. The molecule has 0 aliphatic heterocycles. The highest BCUT2D eigenvalue weighted by molar-refractivity contribution is 7.26. The number of anilines is 2. The summed E-state index contributed by atoms with van der Waals surface area (Å²) >= 11 is 1.87. The van der Waals surface area contributed by atoms with Crippen molar-refractivity contribution in [3.05, 3.63) is 180 Å². The zero-order valence-electron chi connectivity index (χ0n) is 24.4. The Labute approximate surface area is 266 Å². The predicted octanol–water partition coefficient (Wildman–Crippen LogP) is 11.8. The summed E-state index contributed by atoms with van der Waals surface area (Å²) in [4.78, 5) is 0. The molecule has 0 saturated heterocycles. The van der Waals surface area contributed by atoms with E-state index >= 15 is 0 Å². The van der Waals surface area contributed by atoms with E-state index in [1.54, 1.807) is 0 Å². The van der Waals surface area contributed by atoms with Gasteiger partial charge in [-0.25, -0.2) is 0 Å². The molecule has 2 aliphatic rings. The van der Waals surface area contributed by atoms with Crippen LogP contribution >= 0.6 is 11.3 Å². The zero-order chi connectivity index (χ0) is 29.5. The van der Waals surface area contributed by atoms with E-state index in [2.05, 4.69) is 163 Å².